The van der Waals surface area contributed by atoms with E-state index in [0.717, 1.165) is 38.9 Å². The predicted molar refractivity (Wildman–Crippen MR) is 72.4 cm³/mol. The summed E-state index contributed by atoms with van der Waals surface area (Å²) >= 11 is 0. The number of carbonyl (C=O) groups excluding carboxylic acids is 1. The maximum absolute atomic E-state index is 12.0. The fourth-order valence-electron chi connectivity index (χ4n) is 2.37. The summed E-state index contributed by atoms with van der Waals surface area (Å²) in [5, 5.41) is 0. The Morgan fingerprint density at radius 2 is 2.28 bits per heavy atom. The largest absolute Gasteiger partial charge is 0.377 e. The van der Waals surface area contributed by atoms with Gasteiger partial charge in [0.15, 0.2) is 0 Å². The molecule has 106 valence electrons. The average Bonchev–Trinajstić information content (AvgIpc) is 2.36. The van der Waals surface area contributed by atoms with Crippen LogP contribution in [0.5, 0.6) is 0 Å². The number of piperidine rings is 1. The van der Waals surface area contributed by atoms with E-state index in [9.17, 15) is 4.79 Å². The SMILES string of the molecule is COC1(C)CCCN(CC(=O)N(C)CCCN)C1. The van der Waals surface area contributed by atoms with E-state index < -0.39 is 0 Å². The van der Waals surface area contributed by atoms with Crippen molar-refractivity contribution in [3.8, 4) is 0 Å². The molecule has 0 saturated carbocycles. The van der Waals surface area contributed by atoms with Crippen molar-refractivity contribution in [2.45, 2.75) is 31.8 Å². The van der Waals surface area contributed by atoms with E-state index in [2.05, 4.69) is 11.8 Å². The van der Waals surface area contributed by atoms with Gasteiger partial charge in [-0.1, -0.05) is 0 Å². The minimum atomic E-state index is -0.103. The summed E-state index contributed by atoms with van der Waals surface area (Å²) in [6.07, 6.45) is 3.01. The number of carbonyl (C=O) groups is 1. The summed E-state index contributed by atoms with van der Waals surface area (Å²) in [6.45, 7) is 5.78. The quantitative estimate of drug-likeness (QED) is 0.743. The normalized spacial score (nSPS) is 25.1. The van der Waals surface area contributed by atoms with Gasteiger partial charge in [0.05, 0.1) is 12.1 Å². The van der Waals surface area contributed by atoms with Gasteiger partial charge >= 0.3 is 0 Å². The first kappa shape index (κ1) is 15.4. The van der Waals surface area contributed by atoms with Crippen LogP contribution in [0, 0.1) is 0 Å². The number of likely N-dealkylation sites (tertiary alicyclic amines) is 1. The van der Waals surface area contributed by atoms with E-state index >= 15 is 0 Å². The van der Waals surface area contributed by atoms with E-state index in [1.165, 1.54) is 0 Å². The zero-order valence-electron chi connectivity index (χ0n) is 11.9. The second kappa shape index (κ2) is 7.07. The van der Waals surface area contributed by atoms with Crippen LogP contribution in [0.1, 0.15) is 26.2 Å². The number of hydrogen-bond acceptors (Lipinski definition) is 4. The van der Waals surface area contributed by atoms with Crippen molar-refractivity contribution in [2.24, 2.45) is 5.73 Å². The van der Waals surface area contributed by atoms with E-state index in [1.54, 1.807) is 12.0 Å². The summed E-state index contributed by atoms with van der Waals surface area (Å²) in [5.74, 6) is 0.170. The topological polar surface area (TPSA) is 58.8 Å². The molecule has 0 aromatic heterocycles. The maximum atomic E-state index is 12.0. The molecule has 5 nitrogen and oxygen atoms in total. The van der Waals surface area contributed by atoms with Gasteiger partial charge in [-0.2, -0.15) is 0 Å². The Labute approximate surface area is 110 Å². The lowest BCUT2D eigenvalue weighted by atomic mass is 9.95. The lowest BCUT2D eigenvalue weighted by Crippen LogP contribution is -2.50. The van der Waals surface area contributed by atoms with Gasteiger partial charge in [0.1, 0.15) is 0 Å². The zero-order chi connectivity index (χ0) is 13.6. The van der Waals surface area contributed by atoms with Crippen LogP contribution in [0.15, 0.2) is 0 Å². The lowest BCUT2D eigenvalue weighted by Gasteiger charge is -2.39. The monoisotopic (exact) mass is 257 g/mol. The van der Waals surface area contributed by atoms with Crippen molar-refractivity contribution in [3.05, 3.63) is 0 Å². The predicted octanol–water partition coefficient (Wildman–Crippen LogP) is 0.295. The highest BCUT2D eigenvalue weighted by Gasteiger charge is 2.31. The highest BCUT2D eigenvalue weighted by Crippen LogP contribution is 2.23. The molecule has 5 heteroatoms. The highest BCUT2D eigenvalue weighted by atomic mass is 16.5. The molecule has 1 aliphatic rings. The van der Waals surface area contributed by atoms with Crippen LogP contribution >= 0.6 is 0 Å². The summed E-state index contributed by atoms with van der Waals surface area (Å²) < 4.78 is 5.53. The molecule has 1 heterocycles. The molecule has 2 N–H and O–H groups in total. The number of rotatable bonds is 6. The minimum Gasteiger partial charge on any atom is -0.377 e. The molecule has 0 bridgehead atoms. The molecule has 1 fully saturated rings. The van der Waals surface area contributed by atoms with Crippen LogP contribution in [0.4, 0.5) is 0 Å². The molecule has 1 unspecified atom stereocenters. The molecule has 1 atom stereocenters. The summed E-state index contributed by atoms with van der Waals surface area (Å²) in [7, 11) is 3.59. The molecule has 0 aromatic carbocycles. The van der Waals surface area contributed by atoms with Crippen molar-refractivity contribution in [3.63, 3.8) is 0 Å². The Bertz CT molecular complexity index is 273. The highest BCUT2D eigenvalue weighted by molar-refractivity contribution is 5.78. The van der Waals surface area contributed by atoms with Crippen molar-refractivity contribution in [2.75, 3.05) is 46.9 Å². The summed E-state index contributed by atoms with van der Waals surface area (Å²) in [6, 6.07) is 0. The first-order valence-electron chi connectivity index (χ1n) is 6.72. The number of methoxy groups -OCH3 is 1. The molecular formula is C13H27N3O2. The van der Waals surface area contributed by atoms with Gasteiger partial charge < -0.3 is 15.4 Å². The second-order valence-corrected chi connectivity index (χ2v) is 5.43. The van der Waals surface area contributed by atoms with Gasteiger partial charge in [0.2, 0.25) is 5.91 Å². The van der Waals surface area contributed by atoms with Crippen LogP contribution in [0.25, 0.3) is 0 Å². The first-order valence-corrected chi connectivity index (χ1v) is 6.72. The number of likely N-dealkylation sites (N-methyl/N-ethyl adjacent to an activating group) is 1. The van der Waals surface area contributed by atoms with Gasteiger partial charge in [-0.15, -0.1) is 0 Å². The fourth-order valence-corrected chi connectivity index (χ4v) is 2.37. The molecule has 0 radical (unpaired) electrons. The number of nitrogens with zero attached hydrogens (tertiary/aromatic N) is 2. The molecule has 1 aliphatic heterocycles. The van der Waals surface area contributed by atoms with Crippen molar-refractivity contribution >= 4 is 5.91 Å². The molecule has 0 aromatic rings. The Morgan fingerprint density at radius 3 is 2.89 bits per heavy atom. The van der Waals surface area contributed by atoms with Crippen LogP contribution in [0.2, 0.25) is 0 Å². The average molecular weight is 257 g/mol. The van der Waals surface area contributed by atoms with Crippen molar-refractivity contribution in [1.29, 1.82) is 0 Å². The number of ether oxygens (including phenoxy) is 1. The third-order valence-corrected chi connectivity index (χ3v) is 3.71. The van der Waals surface area contributed by atoms with Gasteiger partial charge in [-0.25, -0.2) is 0 Å². The maximum Gasteiger partial charge on any atom is 0.236 e. The Kier molecular flexibility index (Phi) is 6.05. The third-order valence-electron chi connectivity index (χ3n) is 3.71. The van der Waals surface area contributed by atoms with Crippen molar-refractivity contribution < 1.29 is 9.53 Å². The first-order chi connectivity index (χ1) is 8.50. The lowest BCUT2D eigenvalue weighted by molar-refractivity contribution is -0.133. The second-order valence-electron chi connectivity index (χ2n) is 5.43. The van der Waals surface area contributed by atoms with Crippen molar-refractivity contribution in [1.82, 2.24) is 9.80 Å². The fraction of sp³-hybridized carbons (Fsp3) is 0.923. The minimum absolute atomic E-state index is 0.103. The smallest absolute Gasteiger partial charge is 0.236 e. The summed E-state index contributed by atoms with van der Waals surface area (Å²) in [4.78, 5) is 16.0. The molecule has 0 spiro atoms. The van der Waals surface area contributed by atoms with Gasteiger partial charge in [-0.05, 0) is 39.3 Å². The molecule has 18 heavy (non-hydrogen) atoms. The number of nitrogens with two attached hydrogens (primary N) is 1. The molecule has 1 saturated heterocycles. The van der Waals surface area contributed by atoms with E-state index in [4.69, 9.17) is 10.5 Å². The van der Waals surface area contributed by atoms with Crippen LogP contribution < -0.4 is 5.73 Å². The third kappa shape index (κ3) is 4.55. The number of amides is 1. The van der Waals surface area contributed by atoms with Crippen LogP contribution in [-0.4, -0.2) is 68.2 Å². The Balaban J connectivity index is 2.39. The molecule has 1 rings (SSSR count). The van der Waals surface area contributed by atoms with E-state index in [0.29, 0.717) is 13.1 Å². The summed E-state index contributed by atoms with van der Waals surface area (Å²) in [5.41, 5.74) is 5.35. The zero-order valence-corrected chi connectivity index (χ0v) is 11.9. The molecule has 1 amide bonds. The van der Waals surface area contributed by atoms with Gasteiger partial charge in [0, 0.05) is 27.2 Å². The van der Waals surface area contributed by atoms with E-state index in [-0.39, 0.29) is 11.5 Å². The van der Waals surface area contributed by atoms with Crippen LogP contribution in [-0.2, 0) is 9.53 Å². The Hall–Kier alpha value is -0.650. The Morgan fingerprint density at radius 1 is 1.56 bits per heavy atom. The van der Waals surface area contributed by atoms with Gasteiger partial charge in [0.25, 0.3) is 0 Å². The number of hydrogen-bond donors (Lipinski definition) is 1. The van der Waals surface area contributed by atoms with E-state index in [1.807, 2.05) is 7.05 Å². The standard InChI is InChI=1S/C13H27N3O2/c1-13(18-3)6-4-9-16(11-13)10-12(17)15(2)8-5-7-14/h4-11,14H2,1-3H3. The van der Waals surface area contributed by atoms with Gasteiger partial charge in [-0.3, -0.25) is 9.69 Å². The molecular weight excluding hydrogens is 230 g/mol. The van der Waals surface area contributed by atoms with Crippen LogP contribution in [0.3, 0.4) is 0 Å². The molecule has 0 aliphatic carbocycles.